The van der Waals surface area contributed by atoms with E-state index in [1.807, 2.05) is 30.3 Å². The number of rotatable bonds is 7. The van der Waals surface area contributed by atoms with Crippen molar-refractivity contribution in [1.82, 2.24) is 14.9 Å². The van der Waals surface area contributed by atoms with Crippen molar-refractivity contribution in [3.8, 4) is 22.4 Å². The molecule has 6 nitrogen and oxygen atoms in total. The molecule has 1 atom stereocenters. The van der Waals surface area contributed by atoms with Crippen molar-refractivity contribution in [1.29, 1.82) is 0 Å². The number of amides is 2. The molecule has 9 heteroatoms. The molecule has 0 saturated carbocycles. The Kier molecular flexibility index (Phi) is 7.00. The van der Waals surface area contributed by atoms with Crippen LogP contribution in [0.5, 0.6) is 0 Å². The fraction of sp³-hybridized carbons (Fsp3) is 0.207. The van der Waals surface area contributed by atoms with E-state index < -0.39 is 30.5 Å². The summed E-state index contributed by atoms with van der Waals surface area (Å²) in [7, 11) is 1.77. The molecule has 0 aliphatic carbocycles. The van der Waals surface area contributed by atoms with Crippen molar-refractivity contribution in [2.45, 2.75) is 25.2 Å². The molecule has 3 heterocycles. The van der Waals surface area contributed by atoms with Crippen LogP contribution in [0.15, 0.2) is 72.9 Å². The topological polar surface area (TPSA) is 78.1 Å². The Morgan fingerprint density at radius 3 is 2.50 bits per heavy atom. The van der Waals surface area contributed by atoms with E-state index in [1.165, 1.54) is 18.3 Å². The van der Waals surface area contributed by atoms with Crippen LogP contribution in [0.3, 0.4) is 0 Å². The smallest absolute Gasteiger partial charge is 0.256 e. The molecule has 2 aromatic heterocycles. The predicted octanol–water partition coefficient (Wildman–Crippen LogP) is 5.89. The number of anilines is 1. The number of halogens is 3. The molecule has 5 rings (SSSR count). The van der Waals surface area contributed by atoms with Crippen molar-refractivity contribution < 1.29 is 22.8 Å². The number of hydrogen-bond donors (Lipinski definition) is 2. The first-order chi connectivity index (χ1) is 18.3. The number of nitrogens with zero attached hydrogens (tertiary/aromatic N) is 2. The van der Waals surface area contributed by atoms with E-state index in [9.17, 15) is 22.8 Å². The molecule has 0 fully saturated rings. The first-order valence-electron chi connectivity index (χ1n) is 12.2. The number of benzene rings is 2. The van der Waals surface area contributed by atoms with Gasteiger partial charge in [0, 0.05) is 49.5 Å². The minimum absolute atomic E-state index is 0.0793. The molecule has 1 aliphatic rings. The molecular formula is C29H25F3N4O2. The van der Waals surface area contributed by atoms with E-state index in [2.05, 4.69) is 15.3 Å². The van der Waals surface area contributed by atoms with Gasteiger partial charge in [0.25, 0.3) is 5.91 Å². The van der Waals surface area contributed by atoms with Gasteiger partial charge in [0.2, 0.25) is 12.3 Å². The normalized spacial score (nSPS) is 13.9. The van der Waals surface area contributed by atoms with E-state index in [1.54, 1.807) is 24.1 Å². The van der Waals surface area contributed by atoms with Gasteiger partial charge in [-0.15, -0.1) is 0 Å². The highest BCUT2D eigenvalue weighted by molar-refractivity contribution is 6.07. The van der Waals surface area contributed by atoms with Crippen LogP contribution in [-0.2, 0) is 11.2 Å². The van der Waals surface area contributed by atoms with E-state index >= 15 is 0 Å². The summed E-state index contributed by atoms with van der Waals surface area (Å²) < 4.78 is 40.0. The number of carbonyl (C=O) groups is 2. The van der Waals surface area contributed by atoms with Crippen molar-refractivity contribution in [3.63, 3.8) is 0 Å². The molecule has 1 aliphatic heterocycles. The molecule has 194 valence electrons. The SMILES string of the molecule is CN1CCc2[nH]c(-c3ccnc(NC(=O)C(CC(F)F)c4ccc(F)cc4)c3)c(-c3ccccc3)c2C1=O. The molecule has 1 unspecified atom stereocenters. The van der Waals surface area contributed by atoms with Crippen LogP contribution in [0.2, 0.25) is 0 Å². The summed E-state index contributed by atoms with van der Waals surface area (Å²) in [6.45, 7) is 0.590. The summed E-state index contributed by atoms with van der Waals surface area (Å²) in [5.74, 6) is -2.29. The molecular weight excluding hydrogens is 493 g/mol. The minimum Gasteiger partial charge on any atom is -0.357 e. The van der Waals surface area contributed by atoms with Crippen LogP contribution in [0, 0.1) is 5.82 Å². The third kappa shape index (κ3) is 5.04. The first kappa shape index (κ1) is 25.3. The zero-order valence-corrected chi connectivity index (χ0v) is 20.5. The highest BCUT2D eigenvalue weighted by Gasteiger charge is 2.31. The monoisotopic (exact) mass is 518 g/mol. The van der Waals surface area contributed by atoms with Crippen molar-refractivity contribution in [3.05, 3.63) is 95.6 Å². The van der Waals surface area contributed by atoms with E-state index in [-0.39, 0.29) is 17.3 Å². The largest absolute Gasteiger partial charge is 0.357 e. The first-order valence-corrected chi connectivity index (χ1v) is 12.2. The highest BCUT2D eigenvalue weighted by Crippen LogP contribution is 2.39. The van der Waals surface area contributed by atoms with Crippen LogP contribution >= 0.6 is 0 Å². The lowest BCUT2D eigenvalue weighted by Gasteiger charge is -2.23. The van der Waals surface area contributed by atoms with Gasteiger partial charge in [-0.3, -0.25) is 9.59 Å². The number of nitrogens with one attached hydrogen (secondary N) is 2. The summed E-state index contributed by atoms with van der Waals surface area (Å²) in [5, 5.41) is 2.64. The summed E-state index contributed by atoms with van der Waals surface area (Å²) in [6.07, 6.45) is -1.27. The van der Waals surface area contributed by atoms with E-state index in [0.717, 1.165) is 29.0 Å². The zero-order chi connectivity index (χ0) is 26.8. The zero-order valence-electron chi connectivity index (χ0n) is 20.5. The van der Waals surface area contributed by atoms with Gasteiger partial charge in [0.1, 0.15) is 11.6 Å². The fourth-order valence-electron chi connectivity index (χ4n) is 4.79. The second-order valence-electron chi connectivity index (χ2n) is 9.22. The molecule has 2 N–H and O–H groups in total. The maximum Gasteiger partial charge on any atom is 0.256 e. The van der Waals surface area contributed by atoms with Crippen LogP contribution in [0.4, 0.5) is 19.0 Å². The van der Waals surface area contributed by atoms with Gasteiger partial charge in [0.15, 0.2) is 0 Å². The molecule has 4 aromatic rings. The molecule has 0 bridgehead atoms. The van der Waals surface area contributed by atoms with Gasteiger partial charge >= 0.3 is 0 Å². The third-order valence-corrected chi connectivity index (χ3v) is 6.70. The number of hydrogen-bond acceptors (Lipinski definition) is 3. The average molecular weight is 519 g/mol. The Morgan fingerprint density at radius 2 is 1.79 bits per heavy atom. The second kappa shape index (κ2) is 10.5. The summed E-state index contributed by atoms with van der Waals surface area (Å²) >= 11 is 0. The van der Waals surface area contributed by atoms with Gasteiger partial charge in [0.05, 0.1) is 17.2 Å². The number of alkyl halides is 2. The van der Waals surface area contributed by atoms with Crippen LogP contribution in [-0.4, -0.2) is 46.7 Å². The minimum atomic E-state index is -2.73. The van der Waals surface area contributed by atoms with Gasteiger partial charge in [-0.2, -0.15) is 0 Å². The molecule has 0 spiro atoms. The van der Waals surface area contributed by atoms with Crippen molar-refractivity contribution >= 4 is 17.6 Å². The van der Waals surface area contributed by atoms with Crippen LogP contribution < -0.4 is 5.32 Å². The number of fused-ring (bicyclic) bond motifs is 1. The lowest BCUT2D eigenvalue weighted by atomic mass is 9.94. The molecule has 2 aromatic carbocycles. The lowest BCUT2D eigenvalue weighted by Crippen LogP contribution is -2.34. The summed E-state index contributed by atoms with van der Waals surface area (Å²) in [6, 6.07) is 17.9. The van der Waals surface area contributed by atoms with Gasteiger partial charge in [-0.05, 0) is 35.4 Å². The summed E-state index contributed by atoms with van der Waals surface area (Å²) in [5.41, 5.74) is 4.71. The Bertz CT molecular complexity index is 1470. The van der Waals surface area contributed by atoms with E-state index in [0.29, 0.717) is 29.8 Å². The molecule has 0 saturated heterocycles. The van der Waals surface area contributed by atoms with Crippen molar-refractivity contribution in [2.75, 3.05) is 18.9 Å². The number of H-pyrrole nitrogens is 1. The van der Waals surface area contributed by atoms with Gasteiger partial charge in [-0.1, -0.05) is 42.5 Å². The van der Waals surface area contributed by atoms with Crippen molar-refractivity contribution in [2.24, 2.45) is 0 Å². The second-order valence-corrected chi connectivity index (χ2v) is 9.22. The number of likely N-dealkylation sites (N-methyl/N-ethyl adjacent to an activating group) is 1. The summed E-state index contributed by atoms with van der Waals surface area (Å²) in [4.78, 5) is 35.5. The average Bonchev–Trinajstić information content (AvgIpc) is 3.31. The molecule has 0 radical (unpaired) electrons. The fourth-order valence-corrected chi connectivity index (χ4v) is 4.79. The third-order valence-electron chi connectivity index (χ3n) is 6.70. The number of carbonyl (C=O) groups excluding carboxylic acids is 2. The lowest BCUT2D eigenvalue weighted by molar-refractivity contribution is -0.118. The van der Waals surface area contributed by atoms with Crippen LogP contribution in [0.25, 0.3) is 22.4 Å². The highest BCUT2D eigenvalue weighted by atomic mass is 19.3. The maximum atomic E-state index is 13.4. The van der Waals surface area contributed by atoms with Crippen LogP contribution in [0.1, 0.15) is 34.0 Å². The Morgan fingerprint density at radius 1 is 1.05 bits per heavy atom. The Balaban J connectivity index is 1.51. The molecule has 2 amide bonds. The maximum absolute atomic E-state index is 13.4. The standard InChI is InChI=1S/C29H25F3N4O2/c1-36-14-12-22-26(29(36)38)25(18-5-3-2-4-6-18)27(34-22)19-11-13-33-24(15-19)35-28(37)21(16-23(31)32)17-7-9-20(30)10-8-17/h2-11,13,15,21,23,34H,12,14,16H2,1H3,(H,33,35,37). The Hall–Kier alpha value is -4.40. The predicted molar refractivity (Wildman–Crippen MR) is 139 cm³/mol. The number of pyridine rings is 1. The van der Waals surface area contributed by atoms with E-state index in [4.69, 9.17) is 0 Å². The van der Waals surface area contributed by atoms with Gasteiger partial charge < -0.3 is 15.2 Å². The quantitative estimate of drug-likeness (QED) is 0.320. The van der Waals surface area contributed by atoms with Gasteiger partial charge in [-0.25, -0.2) is 18.2 Å². The Labute approximate surface area is 217 Å². The molecule has 38 heavy (non-hydrogen) atoms. The number of aromatic nitrogens is 2. The number of aromatic amines is 1.